The van der Waals surface area contributed by atoms with Gasteiger partial charge in [0.25, 0.3) is 0 Å². The smallest absolute Gasteiger partial charge is 0.237 e. The Morgan fingerprint density at radius 3 is 3.14 bits per heavy atom. The lowest BCUT2D eigenvalue weighted by atomic mass is 9.97. The van der Waals surface area contributed by atoms with Crippen LogP contribution in [0.5, 0.6) is 0 Å². The van der Waals surface area contributed by atoms with Crippen LogP contribution in [0.1, 0.15) is 36.6 Å². The molecule has 5 heteroatoms. The number of nitrogens with zero attached hydrogens (tertiary/aromatic N) is 2. The number of thiophene rings is 1. The molecule has 4 nitrogen and oxygen atoms in total. The van der Waals surface area contributed by atoms with Crippen molar-refractivity contribution in [1.29, 1.82) is 0 Å². The molecule has 0 radical (unpaired) electrons. The molecule has 116 valence electrons. The van der Waals surface area contributed by atoms with Crippen molar-refractivity contribution in [1.82, 2.24) is 9.80 Å². The van der Waals surface area contributed by atoms with Gasteiger partial charge in [-0.05, 0) is 43.2 Å². The van der Waals surface area contributed by atoms with Crippen molar-refractivity contribution in [2.75, 3.05) is 19.7 Å². The Hall–Kier alpha value is -0.910. The normalized spacial score (nSPS) is 26.7. The first-order valence-electron chi connectivity index (χ1n) is 7.88. The molecule has 1 amide bonds. The highest BCUT2D eigenvalue weighted by molar-refractivity contribution is 7.10. The summed E-state index contributed by atoms with van der Waals surface area (Å²) in [6.45, 7) is 4.36. The molecule has 0 bridgehead atoms. The number of fused-ring (bicyclic) bond motifs is 1. The Morgan fingerprint density at radius 1 is 1.48 bits per heavy atom. The quantitative estimate of drug-likeness (QED) is 0.927. The van der Waals surface area contributed by atoms with Crippen LogP contribution in [0.3, 0.4) is 0 Å². The first-order chi connectivity index (χ1) is 10.2. The topological polar surface area (TPSA) is 43.8 Å². The number of aliphatic hydroxyl groups excluding tert-OH is 1. The van der Waals surface area contributed by atoms with Gasteiger partial charge in [0, 0.05) is 30.1 Å². The Morgan fingerprint density at radius 2 is 2.33 bits per heavy atom. The van der Waals surface area contributed by atoms with Crippen molar-refractivity contribution in [2.45, 2.75) is 51.2 Å². The molecule has 21 heavy (non-hydrogen) atoms. The molecular formula is C16H24N2O2S. The number of carbonyl (C=O) groups excluding carboxylic acids is 1. The number of amides is 1. The second kappa shape index (κ2) is 6.46. The summed E-state index contributed by atoms with van der Waals surface area (Å²) in [4.78, 5) is 18.2. The fourth-order valence-corrected chi connectivity index (χ4v) is 4.43. The third-order valence-corrected chi connectivity index (χ3v) is 5.91. The monoisotopic (exact) mass is 308 g/mol. The maximum Gasteiger partial charge on any atom is 0.237 e. The maximum atomic E-state index is 12.6. The average Bonchev–Trinajstić information content (AvgIpc) is 2.96. The molecule has 3 heterocycles. The van der Waals surface area contributed by atoms with Gasteiger partial charge < -0.3 is 10.0 Å². The zero-order chi connectivity index (χ0) is 14.8. The summed E-state index contributed by atoms with van der Waals surface area (Å²) >= 11 is 1.80. The second-order valence-electron chi connectivity index (χ2n) is 6.22. The predicted octanol–water partition coefficient (Wildman–Crippen LogP) is 1.87. The third-order valence-electron chi connectivity index (χ3n) is 4.88. The van der Waals surface area contributed by atoms with Crippen LogP contribution in [0.4, 0.5) is 0 Å². The zero-order valence-corrected chi connectivity index (χ0v) is 13.4. The minimum atomic E-state index is 0.152. The molecule has 2 atom stereocenters. The van der Waals surface area contributed by atoms with Crippen molar-refractivity contribution < 1.29 is 9.90 Å². The van der Waals surface area contributed by atoms with Gasteiger partial charge in [-0.15, -0.1) is 11.3 Å². The molecule has 0 aromatic carbocycles. The van der Waals surface area contributed by atoms with Crippen molar-refractivity contribution in [3.8, 4) is 0 Å². The molecule has 1 aromatic heterocycles. The van der Waals surface area contributed by atoms with Crippen LogP contribution in [-0.2, 0) is 17.8 Å². The first-order valence-corrected chi connectivity index (χ1v) is 8.76. The number of aliphatic hydroxyl groups is 1. The molecule has 2 aliphatic rings. The highest BCUT2D eigenvalue weighted by atomic mass is 32.1. The maximum absolute atomic E-state index is 12.6. The van der Waals surface area contributed by atoms with Crippen LogP contribution in [0, 0.1) is 0 Å². The lowest BCUT2D eigenvalue weighted by molar-refractivity contribution is -0.135. The highest BCUT2D eigenvalue weighted by Crippen LogP contribution is 2.26. The van der Waals surface area contributed by atoms with E-state index in [-0.39, 0.29) is 18.6 Å². The average molecular weight is 308 g/mol. The van der Waals surface area contributed by atoms with E-state index < -0.39 is 0 Å². The predicted molar refractivity (Wildman–Crippen MR) is 84.3 cm³/mol. The number of carbonyl (C=O) groups is 1. The minimum Gasteiger partial charge on any atom is -0.395 e. The number of rotatable bonds is 3. The van der Waals surface area contributed by atoms with Crippen LogP contribution in [0.2, 0.25) is 0 Å². The Kier molecular flexibility index (Phi) is 4.62. The molecule has 1 aromatic rings. The van der Waals surface area contributed by atoms with E-state index in [1.807, 2.05) is 4.90 Å². The van der Waals surface area contributed by atoms with E-state index in [0.717, 1.165) is 38.8 Å². The van der Waals surface area contributed by atoms with Crippen LogP contribution < -0.4 is 0 Å². The number of likely N-dealkylation sites (tertiary alicyclic amines) is 1. The third kappa shape index (κ3) is 3.15. The van der Waals surface area contributed by atoms with E-state index in [9.17, 15) is 9.90 Å². The van der Waals surface area contributed by atoms with Crippen LogP contribution in [0.25, 0.3) is 0 Å². The lowest BCUT2D eigenvalue weighted by Gasteiger charge is -2.40. The van der Waals surface area contributed by atoms with Crippen molar-refractivity contribution >= 4 is 17.2 Å². The van der Waals surface area contributed by atoms with Crippen molar-refractivity contribution in [3.05, 3.63) is 21.9 Å². The largest absolute Gasteiger partial charge is 0.395 e. The fraction of sp³-hybridized carbons (Fsp3) is 0.688. The number of hydrogen-bond donors (Lipinski definition) is 1. The SMILES string of the molecule is CC1CCCC(CO)N1CC(=O)N1CCc2sccc2C1. The van der Waals surface area contributed by atoms with E-state index >= 15 is 0 Å². The summed E-state index contributed by atoms with van der Waals surface area (Å²) in [6.07, 6.45) is 4.26. The molecule has 1 fully saturated rings. The Balaban J connectivity index is 1.63. The van der Waals surface area contributed by atoms with E-state index in [4.69, 9.17) is 0 Å². The van der Waals surface area contributed by atoms with Gasteiger partial charge in [0.05, 0.1) is 13.2 Å². The summed E-state index contributed by atoms with van der Waals surface area (Å²) in [5.41, 5.74) is 1.31. The van der Waals surface area contributed by atoms with Gasteiger partial charge in [0.15, 0.2) is 0 Å². The summed E-state index contributed by atoms with van der Waals surface area (Å²) in [5.74, 6) is 0.207. The molecular weight excluding hydrogens is 284 g/mol. The number of hydrogen-bond acceptors (Lipinski definition) is 4. The number of piperidine rings is 1. The molecule has 2 aliphatic heterocycles. The van der Waals surface area contributed by atoms with Gasteiger partial charge in [-0.2, -0.15) is 0 Å². The molecule has 1 saturated heterocycles. The van der Waals surface area contributed by atoms with Gasteiger partial charge >= 0.3 is 0 Å². The molecule has 3 rings (SSSR count). The summed E-state index contributed by atoms with van der Waals surface area (Å²) in [6, 6.07) is 2.68. The Labute approximate surface area is 130 Å². The van der Waals surface area contributed by atoms with E-state index in [1.165, 1.54) is 10.4 Å². The van der Waals surface area contributed by atoms with Gasteiger partial charge in [-0.3, -0.25) is 9.69 Å². The van der Waals surface area contributed by atoms with Crippen molar-refractivity contribution in [3.63, 3.8) is 0 Å². The van der Waals surface area contributed by atoms with E-state index in [0.29, 0.717) is 12.6 Å². The highest BCUT2D eigenvalue weighted by Gasteiger charge is 2.31. The minimum absolute atomic E-state index is 0.152. The molecule has 0 saturated carbocycles. The Bertz CT molecular complexity index is 502. The van der Waals surface area contributed by atoms with Gasteiger partial charge in [-0.1, -0.05) is 6.42 Å². The van der Waals surface area contributed by atoms with E-state index in [2.05, 4.69) is 23.3 Å². The van der Waals surface area contributed by atoms with Crippen LogP contribution >= 0.6 is 11.3 Å². The summed E-state index contributed by atoms with van der Waals surface area (Å²) in [5, 5.41) is 11.7. The standard InChI is InChI=1S/C16H24N2O2S/c1-12-3-2-4-14(11-19)18(12)10-16(20)17-7-5-15-13(9-17)6-8-21-15/h6,8,12,14,19H,2-5,7,9-11H2,1H3. The first kappa shape index (κ1) is 15.0. The zero-order valence-electron chi connectivity index (χ0n) is 12.6. The van der Waals surface area contributed by atoms with Crippen LogP contribution in [0.15, 0.2) is 11.4 Å². The van der Waals surface area contributed by atoms with Crippen molar-refractivity contribution in [2.24, 2.45) is 0 Å². The van der Waals surface area contributed by atoms with Gasteiger partial charge in [-0.25, -0.2) is 0 Å². The fourth-order valence-electron chi connectivity index (χ4n) is 3.54. The molecule has 0 spiro atoms. The van der Waals surface area contributed by atoms with Gasteiger partial charge in [0.2, 0.25) is 5.91 Å². The second-order valence-corrected chi connectivity index (χ2v) is 7.22. The lowest BCUT2D eigenvalue weighted by Crippen LogP contribution is -2.52. The summed E-state index contributed by atoms with van der Waals surface area (Å²) < 4.78 is 0. The van der Waals surface area contributed by atoms with E-state index in [1.54, 1.807) is 11.3 Å². The molecule has 0 aliphatic carbocycles. The van der Waals surface area contributed by atoms with Gasteiger partial charge in [0.1, 0.15) is 0 Å². The van der Waals surface area contributed by atoms with Crippen LogP contribution in [-0.4, -0.2) is 52.6 Å². The molecule has 2 unspecified atom stereocenters. The molecule has 1 N–H and O–H groups in total. The summed E-state index contributed by atoms with van der Waals surface area (Å²) in [7, 11) is 0.